The largest absolute Gasteiger partial charge is 0.493 e. The molecule has 33 heavy (non-hydrogen) atoms. The summed E-state index contributed by atoms with van der Waals surface area (Å²) < 4.78 is 53.9. The van der Waals surface area contributed by atoms with Crippen molar-refractivity contribution in [3.05, 3.63) is 46.2 Å². The van der Waals surface area contributed by atoms with Gasteiger partial charge in [-0.3, -0.25) is 4.79 Å². The Kier molecular flexibility index (Phi) is 7.86. The van der Waals surface area contributed by atoms with Crippen LogP contribution in [0.2, 0.25) is 0 Å². The number of ketones is 1. The highest BCUT2D eigenvalue weighted by Crippen LogP contribution is 2.46. The smallest absolute Gasteiger partial charge is 0.437 e. The Hall–Kier alpha value is -2.37. The summed E-state index contributed by atoms with van der Waals surface area (Å²) in [5.74, 6) is -2.11. The highest BCUT2D eigenvalue weighted by Gasteiger charge is 2.66. The first kappa shape index (κ1) is 25.3. The van der Waals surface area contributed by atoms with Gasteiger partial charge in [0.1, 0.15) is 17.4 Å². The average Bonchev–Trinajstić information content (AvgIpc) is 3.29. The number of thiophene rings is 1. The van der Waals surface area contributed by atoms with Crippen LogP contribution in [-0.2, 0) is 0 Å². The van der Waals surface area contributed by atoms with Crippen LogP contribution in [0, 0.1) is 5.92 Å². The number of carbonyl (C=O) groups is 1. The third-order valence-electron chi connectivity index (χ3n) is 5.11. The van der Waals surface area contributed by atoms with E-state index in [2.05, 4.69) is 5.32 Å². The number of alkyl halides is 3. The van der Waals surface area contributed by atoms with E-state index in [0.717, 1.165) is 17.8 Å². The van der Waals surface area contributed by atoms with Gasteiger partial charge in [-0.15, -0.1) is 11.3 Å². The summed E-state index contributed by atoms with van der Waals surface area (Å²) >= 11 is 5.99. The minimum atomic E-state index is -5.19. The van der Waals surface area contributed by atoms with Crippen molar-refractivity contribution in [1.29, 1.82) is 0 Å². The zero-order chi connectivity index (χ0) is 24.2. The molecule has 0 aliphatic carbocycles. The Bertz CT molecular complexity index is 985. The number of carbonyl (C=O) groups excluding carboxylic acids is 1. The number of ether oxygens (including phenoxy) is 2. The Labute approximate surface area is 199 Å². The van der Waals surface area contributed by atoms with Gasteiger partial charge in [0, 0.05) is 11.6 Å². The second kappa shape index (κ2) is 10.3. The normalized spacial score (nSPS) is 22.9. The summed E-state index contributed by atoms with van der Waals surface area (Å²) in [5, 5.41) is 16.6. The van der Waals surface area contributed by atoms with Crippen molar-refractivity contribution in [2.24, 2.45) is 5.92 Å². The maximum Gasteiger partial charge on any atom is 0.437 e. The van der Waals surface area contributed by atoms with Crippen LogP contribution in [0.15, 0.2) is 35.7 Å². The van der Waals surface area contributed by atoms with Crippen LogP contribution in [0.25, 0.3) is 0 Å². The molecular weight excluding hydrogens is 477 g/mol. The molecular formula is C22H25F3N2O4S2. The number of Topliss-reactive ketones (excluding diaryl/α,β-unsaturated/α-hetero) is 1. The van der Waals surface area contributed by atoms with Crippen LogP contribution in [0.1, 0.15) is 48.0 Å². The van der Waals surface area contributed by atoms with E-state index in [1.807, 2.05) is 19.2 Å². The van der Waals surface area contributed by atoms with Crippen LogP contribution in [0.3, 0.4) is 0 Å². The Balaban J connectivity index is 2.14. The van der Waals surface area contributed by atoms with Crippen LogP contribution < -0.4 is 20.1 Å². The fourth-order valence-corrected chi connectivity index (χ4v) is 4.58. The lowest BCUT2D eigenvalue weighted by molar-refractivity contribution is -0.285. The monoisotopic (exact) mass is 502 g/mol. The predicted octanol–water partition coefficient (Wildman–Crippen LogP) is 4.59. The molecule has 1 aliphatic heterocycles. The average molecular weight is 503 g/mol. The molecule has 180 valence electrons. The van der Waals surface area contributed by atoms with E-state index in [0.29, 0.717) is 25.4 Å². The Morgan fingerprint density at radius 1 is 1.21 bits per heavy atom. The number of thiocarbonyl (C=S) groups is 1. The molecule has 0 saturated carbocycles. The molecule has 3 N–H and O–H groups in total. The third-order valence-corrected chi connectivity index (χ3v) is 6.21. The van der Waals surface area contributed by atoms with Crippen LogP contribution in [-0.4, -0.2) is 41.1 Å². The summed E-state index contributed by atoms with van der Waals surface area (Å²) in [6, 6.07) is 6.37. The van der Waals surface area contributed by atoms with Crippen LogP contribution >= 0.6 is 23.6 Å². The Morgan fingerprint density at radius 2 is 1.91 bits per heavy atom. The van der Waals surface area contributed by atoms with E-state index in [-0.39, 0.29) is 16.2 Å². The maximum atomic E-state index is 14.1. The van der Waals surface area contributed by atoms with Gasteiger partial charge < -0.3 is 25.2 Å². The van der Waals surface area contributed by atoms with E-state index >= 15 is 0 Å². The predicted molar refractivity (Wildman–Crippen MR) is 123 cm³/mol. The number of aliphatic hydroxyl groups is 1. The second-order valence-corrected chi connectivity index (χ2v) is 8.91. The standard InChI is InChI=1S/C22H25F3N2O4S2/c1-3-9-30-13-7-8-14(15(12-13)31-10-4-2)18-17(19(28)16-6-5-11-33-16)21(29,22(23,24)25)27-20(32)26-18/h5-8,11-12,17-18,29H,3-4,9-10H2,1-2H3,(H2,26,27,32)/t17-,18+,21-/m1/s1. The van der Waals surface area contributed by atoms with E-state index in [9.17, 15) is 23.1 Å². The fourth-order valence-electron chi connectivity index (χ4n) is 3.59. The van der Waals surface area contributed by atoms with Crippen molar-refractivity contribution in [3.63, 3.8) is 0 Å². The number of rotatable bonds is 9. The first-order chi connectivity index (χ1) is 15.6. The van der Waals surface area contributed by atoms with Crippen molar-refractivity contribution < 1.29 is 32.5 Å². The summed E-state index contributed by atoms with van der Waals surface area (Å²) in [6.07, 6.45) is -3.77. The van der Waals surface area contributed by atoms with E-state index in [1.54, 1.807) is 23.6 Å². The lowest BCUT2D eigenvalue weighted by atomic mass is 9.78. The zero-order valence-electron chi connectivity index (χ0n) is 18.1. The molecule has 3 atom stereocenters. The molecule has 0 spiro atoms. The number of hydrogen-bond acceptors (Lipinski definition) is 6. The highest BCUT2D eigenvalue weighted by atomic mass is 32.1. The van der Waals surface area contributed by atoms with Gasteiger partial charge in [0.2, 0.25) is 5.72 Å². The molecule has 2 heterocycles. The highest BCUT2D eigenvalue weighted by molar-refractivity contribution is 7.80. The SMILES string of the molecule is CCCOc1ccc([C@@H]2NC(=S)N[C@](O)(C(F)(F)F)[C@H]2C(=O)c2cccs2)c(OCCC)c1. The van der Waals surface area contributed by atoms with Gasteiger partial charge in [0.25, 0.3) is 0 Å². The van der Waals surface area contributed by atoms with Crippen LogP contribution in [0.5, 0.6) is 11.5 Å². The van der Waals surface area contributed by atoms with Gasteiger partial charge in [-0.2, -0.15) is 13.2 Å². The summed E-state index contributed by atoms with van der Waals surface area (Å²) in [5.41, 5.74) is -3.32. The number of hydrogen-bond donors (Lipinski definition) is 3. The van der Waals surface area contributed by atoms with Gasteiger partial charge in [-0.25, -0.2) is 0 Å². The molecule has 3 rings (SSSR count). The molecule has 2 aromatic rings. The van der Waals surface area contributed by atoms with Gasteiger partial charge >= 0.3 is 6.18 Å². The maximum absolute atomic E-state index is 14.1. The molecule has 1 saturated heterocycles. The molecule has 6 nitrogen and oxygen atoms in total. The first-order valence-electron chi connectivity index (χ1n) is 10.5. The number of benzene rings is 1. The minimum Gasteiger partial charge on any atom is -0.493 e. The van der Waals surface area contributed by atoms with Crippen LogP contribution in [0.4, 0.5) is 13.2 Å². The molecule has 1 aliphatic rings. The number of nitrogens with one attached hydrogen (secondary N) is 2. The second-order valence-electron chi connectivity index (χ2n) is 7.56. The van der Waals surface area contributed by atoms with Crippen molar-refractivity contribution in [1.82, 2.24) is 10.6 Å². The molecule has 0 bridgehead atoms. The summed E-state index contributed by atoms with van der Waals surface area (Å²) in [4.78, 5) is 13.4. The molecule has 0 unspecified atom stereocenters. The molecule has 1 fully saturated rings. The van der Waals surface area contributed by atoms with Gasteiger partial charge in [0.15, 0.2) is 10.9 Å². The molecule has 0 radical (unpaired) electrons. The summed E-state index contributed by atoms with van der Waals surface area (Å²) in [6.45, 7) is 4.59. The molecule has 1 aromatic carbocycles. The van der Waals surface area contributed by atoms with E-state index in [4.69, 9.17) is 21.7 Å². The number of halogens is 3. The Morgan fingerprint density at radius 3 is 2.52 bits per heavy atom. The van der Waals surface area contributed by atoms with Gasteiger partial charge in [0.05, 0.1) is 24.1 Å². The lowest BCUT2D eigenvalue weighted by Crippen LogP contribution is -2.72. The van der Waals surface area contributed by atoms with Crippen molar-refractivity contribution in [3.8, 4) is 11.5 Å². The van der Waals surface area contributed by atoms with Crippen molar-refractivity contribution in [2.75, 3.05) is 13.2 Å². The van der Waals surface area contributed by atoms with Gasteiger partial charge in [-0.1, -0.05) is 19.9 Å². The zero-order valence-corrected chi connectivity index (χ0v) is 19.7. The lowest BCUT2D eigenvalue weighted by Gasteiger charge is -2.46. The first-order valence-corrected chi connectivity index (χ1v) is 11.8. The molecule has 11 heteroatoms. The fraction of sp³-hybridized carbons (Fsp3) is 0.455. The summed E-state index contributed by atoms with van der Waals surface area (Å²) in [7, 11) is 0. The third kappa shape index (κ3) is 5.25. The topological polar surface area (TPSA) is 79.8 Å². The molecule has 1 aromatic heterocycles. The quantitative estimate of drug-likeness (QED) is 0.342. The van der Waals surface area contributed by atoms with E-state index in [1.165, 1.54) is 12.1 Å². The molecule has 0 amide bonds. The minimum absolute atomic E-state index is 0.0861. The van der Waals surface area contributed by atoms with Crippen molar-refractivity contribution in [2.45, 2.75) is 44.6 Å². The van der Waals surface area contributed by atoms with Crippen molar-refractivity contribution >= 4 is 34.5 Å². The van der Waals surface area contributed by atoms with Gasteiger partial charge in [-0.05, 0) is 48.6 Å². The van der Waals surface area contributed by atoms with E-state index < -0.39 is 34.8 Å².